The summed E-state index contributed by atoms with van der Waals surface area (Å²) in [5, 5.41) is 0. The van der Waals surface area contributed by atoms with Crippen LogP contribution in [0.15, 0.2) is 0 Å². The molecule has 0 heteroatoms. The summed E-state index contributed by atoms with van der Waals surface area (Å²) in [5.41, 5.74) is 0. The van der Waals surface area contributed by atoms with Crippen molar-refractivity contribution in [2.75, 3.05) is 0 Å². The summed E-state index contributed by atoms with van der Waals surface area (Å²) in [6.45, 7) is 14.6. The van der Waals surface area contributed by atoms with Crippen molar-refractivity contribution >= 4 is 0 Å². The van der Waals surface area contributed by atoms with Crippen LogP contribution in [-0.2, 0) is 0 Å². The molecule has 0 radical (unpaired) electrons. The minimum Gasteiger partial charge on any atom is -0.0651 e. The average Bonchev–Trinajstić information content (AvgIpc) is 2.53. The smallest absolute Gasteiger partial charge is 0.0388 e. The first-order valence-corrected chi connectivity index (χ1v) is 10.5. The molecule has 1 fully saturated rings. The van der Waals surface area contributed by atoms with Crippen LogP contribution in [0.5, 0.6) is 0 Å². The van der Waals surface area contributed by atoms with Crippen LogP contribution in [-0.4, -0.2) is 0 Å². The predicted octanol–water partition coefficient (Wildman–Crippen LogP) is 7.72. The van der Waals surface area contributed by atoms with Crippen LogP contribution in [0.4, 0.5) is 0 Å². The first kappa shape index (κ1) is 20.0. The Morgan fingerprint density at radius 2 is 1.36 bits per heavy atom. The zero-order valence-corrected chi connectivity index (χ0v) is 16.5. The Labute approximate surface area is 141 Å². The van der Waals surface area contributed by atoms with E-state index in [1.807, 2.05) is 0 Å². The fourth-order valence-electron chi connectivity index (χ4n) is 4.51. The fourth-order valence-corrected chi connectivity index (χ4v) is 4.51. The van der Waals surface area contributed by atoms with E-state index in [2.05, 4.69) is 41.5 Å². The molecule has 0 N–H and O–H groups in total. The molecule has 132 valence electrons. The Morgan fingerprint density at radius 1 is 0.773 bits per heavy atom. The molecule has 0 saturated heterocycles. The quantitative estimate of drug-likeness (QED) is 0.387. The Balaban J connectivity index is 2.20. The minimum atomic E-state index is 0.917. The third kappa shape index (κ3) is 7.05. The number of hydrogen-bond donors (Lipinski definition) is 0. The molecule has 1 aliphatic carbocycles. The average molecular weight is 309 g/mol. The third-order valence-electron chi connectivity index (χ3n) is 6.98. The predicted molar refractivity (Wildman–Crippen MR) is 101 cm³/mol. The van der Waals surface area contributed by atoms with Gasteiger partial charge in [-0.1, -0.05) is 86.5 Å². The molecule has 4 unspecified atom stereocenters. The monoisotopic (exact) mass is 308 g/mol. The summed E-state index contributed by atoms with van der Waals surface area (Å²) in [5.74, 6) is 5.81. The van der Waals surface area contributed by atoms with Crippen LogP contribution in [0, 0.1) is 35.5 Å². The lowest BCUT2D eigenvalue weighted by atomic mass is 9.75. The lowest BCUT2D eigenvalue weighted by molar-refractivity contribution is 0.204. The van der Waals surface area contributed by atoms with Gasteiger partial charge in [-0.3, -0.25) is 0 Å². The van der Waals surface area contributed by atoms with Crippen molar-refractivity contribution in [2.45, 2.75) is 106 Å². The van der Waals surface area contributed by atoms with Crippen LogP contribution in [0.1, 0.15) is 106 Å². The first-order chi connectivity index (χ1) is 10.5. The zero-order chi connectivity index (χ0) is 16.5. The maximum atomic E-state index is 2.53. The van der Waals surface area contributed by atoms with E-state index in [0.29, 0.717) is 0 Å². The number of rotatable bonds is 10. The normalized spacial score (nSPS) is 28.1. The molecule has 1 aliphatic rings. The van der Waals surface area contributed by atoms with Gasteiger partial charge in [-0.05, 0) is 54.8 Å². The largest absolute Gasteiger partial charge is 0.0651 e. The number of hydrogen-bond acceptors (Lipinski definition) is 0. The highest BCUT2D eigenvalue weighted by molar-refractivity contribution is 4.75. The van der Waals surface area contributed by atoms with Crippen LogP contribution in [0.25, 0.3) is 0 Å². The summed E-state index contributed by atoms with van der Waals surface area (Å²) in [7, 11) is 0. The highest BCUT2D eigenvalue weighted by Gasteiger charge is 2.23. The van der Waals surface area contributed by atoms with Gasteiger partial charge in [-0.2, -0.15) is 0 Å². The molecule has 0 aromatic heterocycles. The van der Waals surface area contributed by atoms with E-state index in [1.54, 1.807) is 0 Å². The SMILES string of the molecule is CCC(C)C(CC)CCC(C)CCC(C)C1CCC(C)CC1. The van der Waals surface area contributed by atoms with E-state index in [0.717, 1.165) is 35.5 Å². The van der Waals surface area contributed by atoms with Crippen LogP contribution in [0.3, 0.4) is 0 Å². The summed E-state index contributed by atoms with van der Waals surface area (Å²) in [4.78, 5) is 0. The minimum absolute atomic E-state index is 0.917. The molecule has 0 aromatic rings. The standard InChI is InChI=1S/C22H44/c1-7-19(5)21(8-2)14-10-17(3)9-13-20(6)22-15-11-18(4)12-16-22/h17-22H,7-16H2,1-6H3. The lowest BCUT2D eigenvalue weighted by Gasteiger charge is -2.31. The molecule has 0 amide bonds. The van der Waals surface area contributed by atoms with Crippen LogP contribution < -0.4 is 0 Å². The van der Waals surface area contributed by atoms with Crippen molar-refractivity contribution in [2.24, 2.45) is 35.5 Å². The molecule has 0 bridgehead atoms. The molecule has 0 nitrogen and oxygen atoms in total. The van der Waals surface area contributed by atoms with Gasteiger partial charge < -0.3 is 0 Å². The molecular weight excluding hydrogens is 264 g/mol. The second-order valence-corrected chi connectivity index (χ2v) is 8.81. The Hall–Kier alpha value is 0. The van der Waals surface area contributed by atoms with Gasteiger partial charge in [0, 0.05) is 0 Å². The Morgan fingerprint density at radius 3 is 1.91 bits per heavy atom. The van der Waals surface area contributed by atoms with Gasteiger partial charge in [0.15, 0.2) is 0 Å². The molecule has 0 heterocycles. The molecule has 22 heavy (non-hydrogen) atoms. The van der Waals surface area contributed by atoms with E-state index in [9.17, 15) is 0 Å². The molecule has 4 atom stereocenters. The zero-order valence-electron chi connectivity index (χ0n) is 16.5. The fraction of sp³-hybridized carbons (Fsp3) is 1.00. The summed E-state index contributed by atoms with van der Waals surface area (Å²) < 4.78 is 0. The van der Waals surface area contributed by atoms with Gasteiger partial charge in [0.25, 0.3) is 0 Å². The van der Waals surface area contributed by atoms with Crippen molar-refractivity contribution < 1.29 is 0 Å². The molecule has 0 aliphatic heterocycles. The van der Waals surface area contributed by atoms with Gasteiger partial charge in [-0.15, -0.1) is 0 Å². The summed E-state index contributed by atoms with van der Waals surface area (Å²) in [6, 6.07) is 0. The second-order valence-electron chi connectivity index (χ2n) is 8.81. The maximum absolute atomic E-state index is 2.53. The van der Waals surface area contributed by atoms with E-state index >= 15 is 0 Å². The van der Waals surface area contributed by atoms with Crippen LogP contribution >= 0.6 is 0 Å². The molecule has 0 aromatic carbocycles. The van der Waals surface area contributed by atoms with E-state index < -0.39 is 0 Å². The highest BCUT2D eigenvalue weighted by atomic mass is 14.3. The summed E-state index contributed by atoms with van der Waals surface area (Å²) in [6.07, 6.45) is 14.5. The summed E-state index contributed by atoms with van der Waals surface area (Å²) >= 11 is 0. The second kappa shape index (κ2) is 10.7. The van der Waals surface area contributed by atoms with Crippen molar-refractivity contribution in [1.29, 1.82) is 0 Å². The lowest BCUT2D eigenvalue weighted by Crippen LogP contribution is -2.19. The highest BCUT2D eigenvalue weighted by Crippen LogP contribution is 2.36. The van der Waals surface area contributed by atoms with Crippen molar-refractivity contribution in [3.05, 3.63) is 0 Å². The van der Waals surface area contributed by atoms with E-state index in [1.165, 1.54) is 64.2 Å². The molecule has 1 rings (SSSR count). The van der Waals surface area contributed by atoms with Gasteiger partial charge in [0.1, 0.15) is 0 Å². The first-order valence-electron chi connectivity index (χ1n) is 10.5. The van der Waals surface area contributed by atoms with Gasteiger partial charge >= 0.3 is 0 Å². The van der Waals surface area contributed by atoms with Gasteiger partial charge in [-0.25, -0.2) is 0 Å². The third-order valence-corrected chi connectivity index (χ3v) is 6.98. The van der Waals surface area contributed by atoms with Crippen LogP contribution in [0.2, 0.25) is 0 Å². The van der Waals surface area contributed by atoms with E-state index in [-0.39, 0.29) is 0 Å². The Bertz CT molecular complexity index is 261. The van der Waals surface area contributed by atoms with Gasteiger partial charge in [0.05, 0.1) is 0 Å². The molecule has 0 spiro atoms. The maximum Gasteiger partial charge on any atom is -0.0388 e. The van der Waals surface area contributed by atoms with Crippen molar-refractivity contribution in [3.63, 3.8) is 0 Å². The van der Waals surface area contributed by atoms with Crippen molar-refractivity contribution in [3.8, 4) is 0 Å². The van der Waals surface area contributed by atoms with Gasteiger partial charge in [0.2, 0.25) is 0 Å². The molecular formula is C22H44. The topological polar surface area (TPSA) is 0 Å². The Kier molecular flexibility index (Phi) is 9.76. The van der Waals surface area contributed by atoms with Crippen molar-refractivity contribution in [1.82, 2.24) is 0 Å². The van der Waals surface area contributed by atoms with E-state index in [4.69, 9.17) is 0 Å². The molecule has 1 saturated carbocycles.